The third kappa shape index (κ3) is 2.03. The minimum absolute atomic E-state index is 0.241. The van der Waals surface area contributed by atoms with Crippen LogP contribution in [0, 0.1) is 5.82 Å². The second-order valence-electron chi connectivity index (χ2n) is 3.90. The van der Waals surface area contributed by atoms with Crippen molar-refractivity contribution in [2.45, 2.75) is 0 Å². The van der Waals surface area contributed by atoms with Gasteiger partial charge in [0.2, 0.25) is 0 Å². The van der Waals surface area contributed by atoms with Crippen LogP contribution in [0.1, 0.15) is 0 Å². The molecule has 5 nitrogen and oxygen atoms in total. The summed E-state index contributed by atoms with van der Waals surface area (Å²) in [4.78, 5) is 7.73. The maximum atomic E-state index is 13.2. The topological polar surface area (TPSA) is 77.8 Å². The highest BCUT2D eigenvalue weighted by atomic mass is 19.1. The molecule has 0 aliphatic heterocycles. The lowest BCUT2D eigenvalue weighted by Crippen LogP contribution is -1.89. The maximum Gasteiger partial charge on any atom is 0.178 e. The number of hydrogen-bond donors (Lipinski definition) is 1. The van der Waals surface area contributed by atoms with E-state index in [0.29, 0.717) is 16.9 Å². The molecule has 2 N–H and O–H groups in total. The van der Waals surface area contributed by atoms with E-state index < -0.39 is 5.82 Å². The maximum absolute atomic E-state index is 13.2. The average Bonchev–Trinajstić information content (AvgIpc) is 2.82. The van der Waals surface area contributed by atoms with Gasteiger partial charge in [-0.2, -0.15) is 0 Å². The monoisotopic (exact) mass is 256 g/mol. The Morgan fingerprint density at radius 1 is 1.05 bits per heavy atom. The van der Waals surface area contributed by atoms with Crippen LogP contribution in [0.2, 0.25) is 0 Å². The fourth-order valence-corrected chi connectivity index (χ4v) is 1.83. The fraction of sp³-hybridized carbons (Fsp3) is 0. The molecule has 0 radical (unpaired) electrons. The molecule has 94 valence electrons. The molecule has 3 rings (SSSR count). The van der Waals surface area contributed by atoms with E-state index in [1.165, 1.54) is 12.3 Å². The van der Waals surface area contributed by atoms with Gasteiger partial charge in [-0.1, -0.05) is 5.16 Å². The largest absolute Gasteiger partial charge is 0.380 e. The van der Waals surface area contributed by atoms with Crippen molar-refractivity contribution in [3.8, 4) is 22.5 Å². The first-order chi connectivity index (χ1) is 9.25. The molecule has 0 bridgehead atoms. The van der Waals surface area contributed by atoms with E-state index >= 15 is 0 Å². The number of nitrogens with two attached hydrogens (primary N) is 1. The number of pyridine rings is 2. The third-order valence-electron chi connectivity index (χ3n) is 2.65. The number of aromatic nitrogens is 3. The zero-order valence-corrected chi connectivity index (χ0v) is 9.75. The summed E-state index contributed by atoms with van der Waals surface area (Å²) in [6, 6.07) is 4.87. The number of nitrogen functional groups attached to an aromatic ring is 1. The molecule has 0 aliphatic carbocycles. The van der Waals surface area contributed by atoms with E-state index in [-0.39, 0.29) is 5.82 Å². The Labute approximate surface area is 107 Å². The smallest absolute Gasteiger partial charge is 0.178 e. The van der Waals surface area contributed by atoms with Crippen LogP contribution in [-0.4, -0.2) is 15.1 Å². The first-order valence-corrected chi connectivity index (χ1v) is 5.52. The van der Waals surface area contributed by atoms with Crippen molar-refractivity contribution < 1.29 is 8.91 Å². The molecule has 0 saturated carbocycles. The summed E-state index contributed by atoms with van der Waals surface area (Å²) >= 11 is 0. The highest BCUT2D eigenvalue weighted by molar-refractivity contribution is 5.86. The van der Waals surface area contributed by atoms with E-state index in [2.05, 4.69) is 15.1 Å². The van der Waals surface area contributed by atoms with Gasteiger partial charge in [0.15, 0.2) is 11.6 Å². The quantitative estimate of drug-likeness (QED) is 0.762. The van der Waals surface area contributed by atoms with Crippen molar-refractivity contribution in [1.29, 1.82) is 0 Å². The molecule has 0 unspecified atom stereocenters. The van der Waals surface area contributed by atoms with E-state index in [4.69, 9.17) is 10.3 Å². The predicted molar refractivity (Wildman–Crippen MR) is 67.3 cm³/mol. The highest BCUT2D eigenvalue weighted by Gasteiger charge is 2.18. The molecule has 0 saturated heterocycles. The SMILES string of the molecule is Nc1noc(-c2cncc(F)c2)c1-c1ccncc1. The van der Waals surface area contributed by atoms with Crippen molar-refractivity contribution in [1.82, 2.24) is 15.1 Å². The van der Waals surface area contributed by atoms with Gasteiger partial charge in [-0.3, -0.25) is 9.97 Å². The van der Waals surface area contributed by atoms with Crippen LogP contribution >= 0.6 is 0 Å². The van der Waals surface area contributed by atoms with Crippen LogP contribution in [-0.2, 0) is 0 Å². The predicted octanol–water partition coefficient (Wildman–Crippen LogP) is 2.52. The summed E-state index contributed by atoms with van der Waals surface area (Å²) in [6.45, 7) is 0. The van der Waals surface area contributed by atoms with Gasteiger partial charge in [0.05, 0.1) is 11.8 Å². The normalized spacial score (nSPS) is 10.6. The molecule has 0 fully saturated rings. The van der Waals surface area contributed by atoms with Crippen molar-refractivity contribution in [2.24, 2.45) is 0 Å². The zero-order valence-electron chi connectivity index (χ0n) is 9.75. The minimum Gasteiger partial charge on any atom is -0.380 e. The summed E-state index contributed by atoms with van der Waals surface area (Å²) in [5.41, 5.74) is 7.70. The second kappa shape index (κ2) is 4.49. The molecule has 0 aromatic carbocycles. The lowest BCUT2D eigenvalue weighted by atomic mass is 10.0. The Kier molecular flexibility index (Phi) is 2.68. The number of hydrogen-bond acceptors (Lipinski definition) is 5. The Balaban J connectivity index is 2.19. The molecule has 6 heteroatoms. The Morgan fingerprint density at radius 3 is 2.58 bits per heavy atom. The van der Waals surface area contributed by atoms with Gasteiger partial charge in [-0.05, 0) is 23.8 Å². The van der Waals surface area contributed by atoms with Gasteiger partial charge >= 0.3 is 0 Å². The van der Waals surface area contributed by atoms with E-state index in [0.717, 1.165) is 11.8 Å². The van der Waals surface area contributed by atoms with Gasteiger partial charge < -0.3 is 10.3 Å². The van der Waals surface area contributed by atoms with Crippen molar-refractivity contribution >= 4 is 5.82 Å². The van der Waals surface area contributed by atoms with Crippen LogP contribution in [0.15, 0.2) is 47.5 Å². The second-order valence-corrected chi connectivity index (χ2v) is 3.90. The molecule has 0 spiro atoms. The average molecular weight is 256 g/mol. The highest BCUT2D eigenvalue weighted by Crippen LogP contribution is 2.35. The first-order valence-electron chi connectivity index (χ1n) is 5.52. The Bertz CT molecular complexity index is 712. The van der Waals surface area contributed by atoms with Gasteiger partial charge in [0.1, 0.15) is 5.82 Å². The Hall–Kier alpha value is -2.76. The van der Waals surface area contributed by atoms with Crippen LogP contribution in [0.3, 0.4) is 0 Å². The van der Waals surface area contributed by atoms with E-state index in [1.807, 2.05) is 0 Å². The minimum atomic E-state index is -0.451. The molecule has 3 aromatic rings. The molecule has 3 heterocycles. The van der Waals surface area contributed by atoms with Crippen LogP contribution in [0.25, 0.3) is 22.5 Å². The van der Waals surface area contributed by atoms with Gasteiger partial charge in [-0.25, -0.2) is 4.39 Å². The molecule has 19 heavy (non-hydrogen) atoms. The summed E-state index contributed by atoms with van der Waals surface area (Å²) in [5, 5.41) is 3.73. The number of nitrogens with zero attached hydrogens (tertiary/aromatic N) is 3. The van der Waals surface area contributed by atoms with Crippen LogP contribution in [0.5, 0.6) is 0 Å². The summed E-state index contributed by atoms with van der Waals surface area (Å²) in [7, 11) is 0. The van der Waals surface area contributed by atoms with E-state index in [9.17, 15) is 4.39 Å². The van der Waals surface area contributed by atoms with Crippen molar-refractivity contribution in [3.05, 3.63) is 48.8 Å². The third-order valence-corrected chi connectivity index (χ3v) is 2.65. The number of anilines is 1. The molecule has 0 aliphatic rings. The van der Waals surface area contributed by atoms with Gasteiger partial charge in [-0.15, -0.1) is 0 Å². The summed E-state index contributed by atoms with van der Waals surface area (Å²) in [5.74, 6) is 0.175. The molecular weight excluding hydrogens is 247 g/mol. The van der Waals surface area contributed by atoms with Crippen molar-refractivity contribution in [3.63, 3.8) is 0 Å². The Morgan fingerprint density at radius 2 is 1.84 bits per heavy atom. The first kappa shape index (κ1) is 11.3. The molecule has 0 atom stereocenters. The zero-order chi connectivity index (χ0) is 13.2. The fourth-order valence-electron chi connectivity index (χ4n) is 1.83. The lowest BCUT2D eigenvalue weighted by molar-refractivity contribution is 0.435. The van der Waals surface area contributed by atoms with Gasteiger partial charge in [0.25, 0.3) is 0 Å². The number of halogens is 1. The van der Waals surface area contributed by atoms with Crippen LogP contribution < -0.4 is 5.73 Å². The molecule has 3 aromatic heterocycles. The summed E-state index contributed by atoms with van der Waals surface area (Å²) in [6.07, 6.45) is 5.88. The van der Waals surface area contributed by atoms with Crippen LogP contribution in [0.4, 0.5) is 10.2 Å². The number of rotatable bonds is 2. The standard InChI is InChI=1S/C13H9FN4O/c14-10-5-9(6-17-7-10)12-11(13(15)18-19-12)8-1-3-16-4-2-8/h1-7H,(H2,15,18). The molecule has 0 amide bonds. The summed E-state index contributed by atoms with van der Waals surface area (Å²) < 4.78 is 18.4. The van der Waals surface area contributed by atoms with Gasteiger partial charge in [0, 0.05) is 24.2 Å². The van der Waals surface area contributed by atoms with Crippen molar-refractivity contribution in [2.75, 3.05) is 5.73 Å². The lowest BCUT2D eigenvalue weighted by Gasteiger charge is -2.02. The molecular formula is C13H9FN4O. The van der Waals surface area contributed by atoms with E-state index in [1.54, 1.807) is 24.5 Å².